The second-order valence-electron chi connectivity index (χ2n) is 4.77. The number of hydrogen-bond acceptors (Lipinski definition) is 3. The number of nitrogens with zero attached hydrogens (tertiary/aromatic N) is 3. The third kappa shape index (κ3) is 2.90. The van der Waals surface area contributed by atoms with Crippen molar-refractivity contribution in [2.45, 2.75) is 45.8 Å². The van der Waals surface area contributed by atoms with Gasteiger partial charge in [0.2, 0.25) is 5.91 Å². The molecule has 2 rings (SSSR count). The van der Waals surface area contributed by atoms with E-state index < -0.39 is 0 Å². The molecule has 1 unspecified atom stereocenters. The number of aryl methyl sites for hydroxylation is 1. The molecular weight excluding hydrogens is 228 g/mol. The van der Waals surface area contributed by atoms with Crippen LogP contribution in [0.2, 0.25) is 0 Å². The van der Waals surface area contributed by atoms with E-state index in [1.807, 2.05) is 22.6 Å². The highest BCUT2D eigenvalue weighted by atomic mass is 16.2. The average molecular weight is 250 g/mol. The highest BCUT2D eigenvalue weighted by Gasteiger charge is 2.22. The molecule has 0 aliphatic carbocycles. The van der Waals surface area contributed by atoms with Crippen LogP contribution >= 0.6 is 0 Å². The van der Waals surface area contributed by atoms with Gasteiger partial charge in [-0.3, -0.25) is 9.48 Å². The van der Waals surface area contributed by atoms with Crippen LogP contribution in [0.3, 0.4) is 0 Å². The Labute approximate surface area is 108 Å². The van der Waals surface area contributed by atoms with Gasteiger partial charge in [-0.15, -0.1) is 0 Å². The number of carbonyl (C=O) groups excluding carboxylic acids is 1. The summed E-state index contributed by atoms with van der Waals surface area (Å²) < 4.78 is 1.94. The Morgan fingerprint density at radius 2 is 2.22 bits per heavy atom. The molecule has 0 radical (unpaired) electrons. The summed E-state index contributed by atoms with van der Waals surface area (Å²) in [5.74, 6) is 0.218. The number of likely N-dealkylation sites (tertiary alicyclic amines) is 1. The number of carbonyl (C=O) groups is 1. The Morgan fingerprint density at radius 1 is 1.50 bits per heavy atom. The van der Waals surface area contributed by atoms with Gasteiger partial charge in [-0.05, 0) is 32.8 Å². The average Bonchev–Trinajstić information content (AvgIpc) is 3.05. The third-order valence-corrected chi connectivity index (χ3v) is 3.48. The predicted octanol–water partition coefficient (Wildman–Crippen LogP) is 1.00. The first-order chi connectivity index (χ1) is 8.72. The number of rotatable bonds is 5. The molecule has 100 valence electrons. The Bertz CT molecular complexity index is 395. The lowest BCUT2D eigenvalue weighted by atomic mass is 10.2. The van der Waals surface area contributed by atoms with Crippen LogP contribution in [-0.2, 0) is 17.9 Å². The monoisotopic (exact) mass is 250 g/mol. The smallest absolute Gasteiger partial charge is 0.239 e. The minimum atomic E-state index is -0.122. The van der Waals surface area contributed by atoms with Crippen molar-refractivity contribution in [3.63, 3.8) is 0 Å². The van der Waals surface area contributed by atoms with E-state index in [-0.39, 0.29) is 11.9 Å². The van der Waals surface area contributed by atoms with Crippen LogP contribution in [0.1, 0.15) is 32.4 Å². The van der Waals surface area contributed by atoms with E-state index in [0.717, 1.165) is 38.2 Å². The zero-order valence-electron chi connectivity index (χ0n) is 11.2. The van der Waals surface area contributed by atoms with Crippen molar-refractivity contribution in [2.24, 2.45) is 0 Å². The fraction of sp³-hybridized carbons (Fsp3) is 0.692. The first-order valence-corrected chi connectivity index (χ1v) is 6.75. The van der Waals surface area contributed by atoms with Crippen LogP contribution < -0.4 is 5.32 Å². The molecule has 0 aromatic carbocycles. The Kier molecular flexibility index (Phi) is 4.36. The highest BCUT2D eigenvalue weighted by Crippen LogP contribution is 2.09. The summed E-state index contributed by atoms with van der Waals surface area (Å²) in [5, 5.41) is 7.50. The second-order valence-corrected chi connectivity index (χ2v) is 4.77. The van der Waals surface area contributed by atoms with Gasteiger partial charge in [-0.1, -0.05) is 0 Å². The van der Waals surface area contributed by atoms with Gasteiger partial charge in [0.25, 0.3) is 0 Å². The molecule has 1 N–H and O–H groups in total. The molecule has 18 heavy (non-hydrogen) atoms. The lowest BCUT2D eigenvalue weighted by molar-refractivity contribution is -0.132. The van der Waals surface area contributed by atoms with Crippen LogP contribution in [0.15, 0.2) is 12.3 Å². The van der Waals surface area contributed by atoms with Gasteiger partial charge in [0, 0.05) is 32.4 Å². The van der Waals surface area contributed by atoms with E-state index in [1.54, 1.807) is 6.20 Å². The summed E-state index contributed by atoms with van der Waals surface area (Å²) >= 11 is 0. The van der Waals surface area contributed by atoms with Gasteiger partial charge in [0.1, 0.15) is 0 Å². The first-order valence-electron chi connectivity index (χ1n) is 6.75. The van der Waals surface area contributed by atoms with Crippen molar-refractivity contribution in [3.8, 4) is 0 Å². The largest absolute Gasteiger partial charge is 0.341 e. The maximum Gasteiger partial charge on any atom is 0.239 e. The van der Waals surface area contributed by atoms with Gasteiger partial charge in [-0.2, -0.15) is 5.10 Å². The SMILES string of the molecule is CCn1nccc1CNC(C)C(=O)N1CCCC1. The molecule has 1 amide bonds. The third-order valence-electron chi connectivity index (χ3n) is 3.48. The molecule has 1 aromatic heterocycles. The van der Waals surface area contributed by atoms with Gasteiger partial charge >= 0.3 is 0 Å². The predicted molar refractivity (Wildman–Crippen MR) is 70.0 cm³/mol. The lowest BCUT2D eigenvalue weighted by Gasteiger charge is -2.21. The number of nitrogens with one attached hydrogen (secondary N) is 1. The Balaban J connectivity index is 1.84. The molecule has 5 nitrogen and oxygen atoms in total. The summed E-state index contributed by atoms with van der Waals surface area (Å²) in [7, 11) is 0. The lowest BCUT2D eigenvalue weighted by Crippen LogP contribution is -2.43. The minimum Gasteiger partial charge on any atom is -0.341 e. The summed E-state index contributed by atoms with van der Waals surface area (Å²) in [6, 6.07) is 1.87. The van der Waals surface area contributed by atoms with Gasteiger partial charge in [0.15, 0.2) is 0 Å². The second kappa shape index (κ2) is 6.00. The summed E-state index contributed by atoms with van der Waals surface area (Å²) in [5.41, 5.74) is 1.12. The van der Waals surface area contributed by atoms with E-state index in [9.17, 15) is 4.79 Å². The van der Waals surface area contributed by atoms with E-state index >= 15 is 0 Å². The zero-order valence-corrected chi connectivity index (χ0v) is 11.2. The molecule has 1 saturated heterocycles. The number of amides is 1. The van der Waals surface area contributed by atoms with Crippen molar-refractivity contribution >= 4 is 5.91 Å². The van der Waals surface area contributed by atoms with E-state index in [1.165, 1.54) is 0 Å². The van der Waals surface area contributed by atoms with Crippen LogP contribution in [0.5, 0.6) is 0 Å². The van der Waals surface area contributed by atoms with E-state index in [2.05, 4.69) is 17.3 Å². The van der Waals surface area contributed by atoms with Crippen molar-refractivity contribution in [1.82, 2.24) is 20.0 Å². The van der Waals surface area contributed by atoms with Crippen molar-refractivity contribution in [1.29, 1.82) is 0 Å². The zero-order chi connectivity index (χ0) is 13.0. The normalized spacial score (nSPS) is 17.1. The maximum atomic E-state index is 12.1. The standard InChI is InChI=1S/C13H22N4O/c1-3-17-12(6-7-15-17)10-14-11(2)13(18)16-8-4-5-9-16/h6-7,11,14H,3-5,8-10H2,1-2H3. The molecule has 1 aliphatic rings. The van der Waals surface area contributed by atoms with Gasteiger partial charge in [0.05, 0.1) is 11.7 Å². The molecule has 0 saturated carbocycles. The number of aromatic nitrogens is 2. The van der Waals surface area contributed by atoms with Crippen LogP contribution in [-0.4, -0.2) is 39.7 Å². The molecular formula is C13H22N4O. The van der Waals surface area contributed by atoms with Crippen LogP contribution in [0.4, 0.5) is 0 Å². The van der Waals surface area contributed by atoms with Crippen molar-refractivity contribution < 1.29 is 4.79 Å². The molecule has 1 aliphatic heterocycles. The fourth-order valence-electron chi connectivity index (χ4n) is 2.35. The summed E-state index contributed by atoms with van der Waals surface area (Å²) in [4.78, 5) is 14.1. The molecule has 0 spiro atoms. The topological polar surface area (TPSA) is 50.2 Å². The van der Waals surface area contributed by atoms with Gasteiger partial charge < -0.3 is 10.2 Å². The maximum absolute atomic E-state index is 12.1. The molecule has 5 heteroatoms. The fourth-order valence-corrected chi connectivity index (χ4v) is 2.35. The summed E-state index contributed by atoms with van der Waals surface area (Å²) in [6.45, 7) is 7.38. The molecule has 2 heterocycles. The summed E-state index contributed by atoms with van der Waals surface area (Å²) in [6.07, 6.45) is 4.08. The van der Waals surface area contributed by atoms with Crippen LogP contribution in [0, 0.1) is 0 Å². The van der Waals surface area contributed by atoms with Crippen LogP contribution in [0.25, 0.3) is 0 Å². The molecule has 1 aromatic rings. The van der Waals surface area contributed by atoms with Crippen molar-refractivity contribution in [3.05, 3.63) is 18.0 Å². The molecule has 1 atom stereocenters. The quantitative estimate of drug-likeness (QED) is 0.848. The van der Waals surface area contributed by atoms with E-state index in [0.29, 0.717) is 6.54 Å². The number of hydrogen-bond donors (Lipinski definition) is 1. The molecule has 1 fully saturated rings. The Hall–Kier alpha value is -1.36. The minimum absolute atomic E-state index is 0.122. The Morgan fingerprint density at radius 3 is 2.89 bits per heavy atom. The van der Waals surface area contributed by atoms with Gasteiger partial charge in [-0.25, -0.2) is 0 Å². The van der Waals surface area contributed by atoms with E-state index in [4.69, 9.17) is 0 Å². The first kappa shape index (κ1) is 13.1. The molecule has 0 bridgehead atoms. The van der Waals surface area contributed by atoms with Crippen molar-refractivity contribution in [2.75, 3.05) is 13.1 Å². The highest BCUT2D eigenvalue weighted by molar-refractivity contribution is 5.81.